The van der Waals surface area contributed by atoms with E-state index in [1.807, 2.05) is 37.2 Å². The summed E-state index contributed by atoms with van der Waals surface area (Å²) in [6.07, 6.45) is 0. The fourth-order valence-electron chi connectivity index (χ4n) is 4.40. The minimum atomic E-state index is -0.332. The number of ether oxygens (including phenoxy) is 1. The fourth-order valence-corrected chi connectivity index (χ4v) is 4.40. The molecule has 0 unspecified atom stereocenters. The molecule has 0 aromatic heterocycles. The zero-order valence-corrected chi connectivity index (χ0v) is 22.5. The van der Waals surface area contributed by atoms with Crippen molar-refractivity contribution >= 4 is 29.0 Å². The van der Waals surface area contributed by atoms with Gasteiger partial charge in [-0.15, -0.1) is 0 Å². The van der Waals surface area contributed by atoms with Crippen LogP contribution in [0.15, 0.2) is 36.4 Å². The minimum Gasteiger partial charge on any atom is -0.379 e. The van der Waals surface area contributed by atoms with E-state index in [0.29, 0.717) is 17.8 Å². The standard InChI is InChI=1S/C28H41N5O3/c1-19(2)22-8-7-9-23(20(3)4)26(22)31-28(35)30-21-10-11-25(32(5)6)24(18-21)27(34)29-12-13-33-14-16-36-17-15-33/h7-11,18-20H,12-17H2,1-6H3,(H,29,34)(H2,30,31,35). The number of benzene rings is 2. The molecule has 3 rings (SSSR count). The molecule has 1 aliphatic rings. The highest BCUT2D eigenvalue weighted by atomic mass is 16.5. The van der Waals surface area contributed by atoms with Gasteiger partial charge >= 0.3 is 6.03 Å². The molecular formula is C28H41N5O3. The zero-order valence-electron chi connectivity index (χ0n) is 22.5. The van der Waals surface area contributed by atoms with E-state index in [0.717, 1.165) is 55.3 Å². The molecule has 3 N–H and O–H groups in total. The molecular weight excluding hydrogens is 454 g/mol. The van der Waals surface area contributed by atoms with Crippen LogP contribution in [-0.4, -0.2) is 70.3 Å². The van der Waals surface area contributed by atoms with Crippen LogP contribution in [-0.2, 0) is 4.74 Å². The molecule has 1 heterocycles. The van der Waals surface area contributed by atoms with Crippen LogP contribution in [0.4, 0.5) is 21.9 Å². The third-order valence-electron chi connectivity index (χ3n) is 6.41. The average Bonchev–Trinajstić information content (AvgIpc) is 2.84. The second kappa shape index (κ2) is 12.7. The number of anilines is 3. The minimum absolute atomic E-state index is 0.164. The molecule has 1 fully saturated rings. The molecule has 0 bridgehead atoms. The Balaban J connectivity index is 1.73. The zero-order chi connectivity index (χ0) is 26.2. The van der Waals surface area contributed by atoms with E-state index in [4.69, 9.17) is 4.74 Å². The molecule has 8 nitrogen and oxygen atoms in total. The van der Waals surface area contributed by atoms with Crippen molar-refractivity contribution in [3.05, 3.63) is 53.1 Å². The first-order valence-corrected chi connectivity index (χ1v) is 12.8. The van der Waals surface area contributed by atoms with Gasteiger partial charge in [-0.2, -0.15) is 0 Å². The molecule has 0 spiro atoms. The number of para-hydroxylation sites is 1. The number of hydrogen-bond donors (Lipinski definition) is 3. The Hall–Kier alpha value is -3.10. The summed E-state index contributed by atoms with van der Waals surface area (Å²) in [6, 6.07) is 11.2. The first-order valence-electron chi connectivity index (χ1n) is 12.8. The van der Waals surface area contributed by atoms with E-state index in [1.54, 1.807) is 6.07 Å². The van der Waals surface area contributed by atoms with E-state index in [2.05, 4.69) is 60.7 Å². The Morgan fingerprint density at radius 1 is 0.972 bits per heavy atom. The maximum atomic E-state index is 13.1. The normalized spacial score (nSPS) is 14.1. The molecule has 8 heteroatoms. The highest BCUT2D eigenvalue weighted by Crippen LogP contribution is 2.32. The third-order valence-corrected chi connectivity index (χ3v) is 6.41. The van der Waals surface area contributed by atoms with Crippen LogP contribution in [0.5, 0.6) is 0 Å². The fraction of sp³-hybridized carbons (Fsp3) is 0.500. The van der Waals surface area contributed by atoms with Gasteiger partial charge in [0.2, 0.25) is 0 Å². The predicted molar refractivity (Wildman–Crippen MR) is 148 cm³/mol. The van der Waals surface area contributed by atoms with Gasteiger partial charge in [0.1, 0.15) is 0 Å². The third kappa shape index (κ3) is 7.21. The van der Waals surface area contributed by atoms with Gasteiger partial charge in [-0.1, -0.05) is 45.9 Å². The Kier molecular flexibility index (Phi) is 9.73. The molecule has 0 radical (unpaired) electrons. The van der Waals surface area contributed by atoms with Crippen molar-refractivity contribution in [2.45, 2.75) is 39.5 Å². The van der Waals surface area contributed by atoms with E-state index in [1.165, 1.54) is 0 Å². The van der Waals surface area contributed by atoms with Crippen molar-refractivity contribution in [2.75, 3.05) is 69.0 Å². The number of rotatable bonds is 9. The lowest BCUT2D eigenvalue weighted by Gasteiger charge is -2.26. The highest BCUT2D eigenvalue weighted by Gasteiger charge is 2.18. The van der Waals surface area contributed by atoms with Crippen molar-refractivity contribution in [1.82, 2.24) is 10.2 Å². The summed E-state index contributed by atoms with van der Waals surface area (Å²) in [5, 5.41) is 9.02. The summed E-state index contributed by atoms with van der Waals surface area (Å²) in [4.78, 5) is 30.3. The lowest BCUT2D eigenvalue weighted by atomic mass is 9.93. The molecule has 0 aliphatic carbocycles. The number of hydrogen-bond acceptors (Lipinski definition) is 5. The number of carbonyl (C=O) groups is 2. The monoisotopic (exact) mass is 495 g/mol. The van der Waals surface area contributed by atoms with Gasteiger partial charge in [0, 0.05) is 57.3 Å². The first-order chi connectivity index (χ1) is 17.2. The topological polar surface area (TPSA) is 85.9 Å². The van der Waals surface area contributed by atoms with Crippen LogP contribution in [0.1, 0.15) is 61.0 Å². The number of nitrogens with one attached hydrogen (secondary N) is 3. The second-order valence-electron chi connectivity index (χ2n) is 10.0. The largest absolute Gasteiger partial charge is 0.379 e. The highest BCUT2D eigenvalue weighted by molar-refractivity contribution is 6.04. The van der Waals surface area contributed by atoms with E-state index < -0.39 is 0 Å². The van der Waals surface area contributed by atoms with Crippen LogP contribution in [0, 0.1) is 0 Å². The molecule has 0 saturated carbocycles. The summed E-state index contributed by atoms with van der Waals surface area (Å²) in [6.45, 7) is 13.0. The molecule has 3 amide bonds. The summed E-state index contributed by atoms with van der Waals surface area (Å²) in [7, 11) is 3.80. The van der Waals surface area contributed by atoms with E-state index in [9.17, 15) is 9.59 Å². The van der Waals surface area contributed by atoms with Gasteiger partial charge in [0.25, 0.3) is 5.91 Å². The molecule has 2 aromatic rings. The Morgan fingerprint density at radius 2 is 1.61 bits per heavy atom. The Labute approximate surface area is 215 Å². The number of nitrogens with zero attached hydrogens (tertiary/aromatic N) is 2. The van der Waals surface area contributed by atoms with E-state index >= 15 is 0 Å². The lowest BCUT2D eigenvalue weighted by Crippen LogP contribution is -2.41. The van der Waals surface area contributed by atoms with Gasteiger partial charge in [0.05, 0.1) is 18.8 Å². The maximum Gasteiger partial charge on any atom is 0.323 e. The lowest BCUT2D eigenvalue weighted by molar-refractivity contribution is 0.0383. The molecule has 196 valence electrons. The smallest absolute Gasteiger partial charge is 0.323 e. The van der Waals surface area contributed by atoms with Crippen molar-refractivity contribution in [3.8, 4) is 0 Å². The maximum absolute atomic E-state index is 13.1. The van der Waals surface area contributed by atoms with Crippen LogP contribution >= 0.6 is 0 Å². The van der Waals surface area contributed by atoms with Crippen LogP contribution < -0.4 is 20.9 Å². The SMILES string of the molecule is CC(C)c1cccc(C(C)C)c1NC(=O)Nc1ccc(N(C)C)c(C(=O)NCCN2CCOCC2)c1. The average molecular weight is 496 g/mol. The predicted octanol–water partition coefficient (Wildman–Crippen LogP) is 4.71. The summed E-state index contributed by atoms with van der Waals surface area (Å²) < 4.78 is 5.38. The quantitative estimate of drug-likeness (QED) is 0.469. The Bertz CT molecular complexity index is 1020. The van der Waals surface area contributed by atoms with Gasteiger partial charge in [-0.25, -0.2) is 4.79 Å². The van der Waals surface area contributed by atoms with Crippen molar-refractivity contribution in [2.24, 2.45) is 0 Å². The summed E-state index contributed by atoms with van der Waals surface area (Å²) in [5.74, 6) is 0.375. The first kappa shape index (κ1) is 27.5. The summed E-state index contributed by atoms with van der Waals surface area (Å²) >= 11 is 0. The van der Waals surface area contributed by atoms with Gasteiger partial charge in [0.15, 0.2) is 0 Å². The van der Waals surface area contributed by atoms with Gasteiger partial charge < -0.3 is 25.6 Å². The second-order valence-corrected chi connectivity index (χ2v) is 10.0. The number of urea groups is 1. The van der Waals surface area contributed by atoms with Crippen LogP contribution in [0.25, 0.3) is 0 Å². The molecule has 2 aromatic carbocycles. The molecule has 1 aliphatic heterocycles. The van der Waals surface area contributed by atoms with Crippen molar-refractivity contribution < 1.29 is 14.3 Å². The molecule has 36 heavy (non-hydrogen) atoms. The van der Waals surface area contributed by atoms with Crippen molar-refractivity contribution in [3.63, 3.8) is 0 Å². The Morgan fingerprint density at radius 3 is 2.19 bits per heavy atom. The van der Waals surface area contributed by atoms with Gasteiger partial charge in [-0.05, 0) is 41.2 Å². The van der Waals surface area contributed by atoms with E-state index in [-0.39, 0.29) is 23.8 Å². The van der Waals surface area contributed by atoms with Crippen LogP contribution in [0.2, 0.25) is 0 Å². The molecule has 0 atom stereocenters. The number of morpholine rings is 1. The number of carbonyl (C=O) groups excluding carboxylic acids is 2. The number of amides is 3. The van der Waals surface area contributed by atoms with Gasteiger partial charge in [-0.3, -0.25) is 9.69 Å². The molecule has 1 saturated heterocycles. The van der Waals surface area contributed by atoms with Crippen LogP contribution in [0.3, 0.4) is 0 Å². The van der Waals surface area contributed by atoms with Crippen molar-refractivity contribution in [1.29, 1.82) is 0 Å². The summed E-state index contributed by atoms with van der Waals surface area (Å²) in [5.41, 5.74) is 4.91.